The molecule has 0 saturated carbocycles. The van der Waals surface area contributed by atoms with Crippen LogP contribution in [0.5, 0.6) is 11.5 Å². The van der Waals surface area contributed by atoms with Crippen LogP contribution in [0.1, 0.15) is 0 Å². The predicted octanol–water partition coefficient (Wildman–Crippen LogP) is 1.68. The van der Waals surface area contributed by atoms with Gasteiger partial charge in [0.15, 0.2) is 5.82 Å². The molecule has 31 heavy (non-hydrogen) atoms. The lowest BCUT2D eigenvalue weighted by Gasteiger charge is -2.36. The third-order valence-corrected chi connectivity index (χ3v) is 5.50. The van der Waals surface area contributed by atoms with Crippen molar-refractivity contribution in [3.05, 3.63) is 30.5 Å². The van der Waals surface area contributed by atoms with E-state index in [2.05, 4.69) is 31.4 Å². The molecule has 2 aliphatic heterocycles. The first-order chi connectivity index (χ1) is 15.2. The summed E-state index contributed by atoms with van der Waals surface area (Å²) in [5.74, 6) is 2.12. The minimum Gasteiger partial charge on any atom is -0.497 e. The number of rotatable bonds is 5. The fourth-order valence-electron chi connectivity index (χ4n) is 3.72. The van der Waals surface area contributed by atoms with Crippen molar-refractivity contribution in [2.24, 2.45) is 0 Å². The molecule has 10 heteroatoms. The zero-order valence-corrected chi connectivity index (χ0v) is 17.9. The molecular weight excluding hydrogens is 400 g/mol. The molecule has 2 fully saturated rings. The van der Waals surface area contributed by atoms with Gasteiger partial charge in [-0.15, -0.1) is 5.10 Å². The number of piperazine rings is 1. The molecule has 166 valence electrons. The molecule has 1 aromatic carbocycles. The molecule has 4 rings (SSSR count). The van der Waals surface area contributed by atoms with E-state index < -0.39 is 0 Å². The van der Waals surface area contributed by atoms with Gasteiger partial charge in [-0.1, -0.05) is 0 Å². The first kappa shape index (κ1) is 21.0. The summed E-state index contributed by atoms with van der Waals surface area (Å²) in [7, 11) is 3.16. The van der Waals surface area contributed by atoms with Crippen LogP contribution in [0.2, 0.25) is 0 Å². The number of urea groups is 1. The zero-order chi connectivity index (χ0) is 21.6. The number of anilines is 3. The molecule has 2 amide bonds. The number of benzene rings is 1. The van der Waals surface area contributed by atoms with Gasteiger partial charge < -0.3 is 34.2 Å². The van der Waals surface area contributed by atoms with Gasteiger partial charge >= 0.3 is 6.03 Å². The van der Waals surface area contributed by atoms with Crippen LogP contribution in [0.25, 0.3) is 0 Å². The monoisotopic (exact) mass is 428 g/mol. The van der Waals surface area contributed by atoms with E-state index in [1.807, 2.05) is 0 Å². The molecule has 0 spiro atoms. The van der Waals surface area contributed by atoms with E-state index in [9.17, 15) is 4.79 Å². The normalized spacial score (nSPS) is 16.8. The summed E-state index contributed by atoms with van der Waals surface area (Å²) in [4.78, 5) is 19.0. The lowest BCUT2D eigenvalue weighted by molar-refractivity contribution is 0.122. The van der Waals surface area contributed by atoms with Crippen LogP contribution in [-0.2, 0) is 4.74 Å². The Morgan fingerprint density at radius 1 is 0.935 bits per heavy atom. The number of hydrogen-bond donors (Lipinski definition) is 1. The minimum atomic E-state index is -0.142. The van der Waals surface area contributed by atoms with E-state index in [1.165, 1.54) is 0 Å². The highest BCUT2D eigenvalue weighted by molar-refractivity contribution is 5.90. The molecule has 0 atom stereocenters. The smallest absolute Gasteiger partial charge is 0.321 e. The molecule has 1 N–H and O–H groups in total. The summed E-state index contributed by atoms with van der Waals surface area (Å²) < 4.78 is 15.9. The van der Waals surface area contributed by atoms with E-state index in [-0.39, 0.29) is 6.03 Å². The standard InChI is InChI=1S/C21H28N6O4/c1-29-18-11-16(12-19(14-18)30-2)23-21(28)27-5-3-25(4-6-27)17-13-20(24-22-15-17)26-7-9-31-10-8-26/h11-15H,3-10H2,1-2H3,(H,23,28). The summed E-state index contributed by atoms with van der Waals surface area (Å²) in [5, 5.41) is 11.4. The number of nitrogens with zero attached hydrogens (tertiary/aromatic N) is 5. The number of morpholine rings is 1. The summed E-state index contributed by atoms with van der Waals surface area (Å²) in [5.41, 5.74) is 1.66. The number of ether oxygens (including phenoxy) is 3. The summed E-state index contributed by atoms with van der Waals surface area (Å²) in [6.45, 7) is 5.73. The van der Waals surface area contributed by atoms with Crippen LogP contribution in [0.3, 0.4) is 0 Å². The topological polar surface area (TPSA) is 92.3 Å². The van der Waals surface area contributed by atoms with Gasteiger partial charge in [0.05, 0.1) is 39.3 Å². The van der Waals surface area contributed by atoms with E-state index in [0.29, 0.717) is 43.5 Å². The van der Waals surface area contributed by atoms with Crippen molar-refractivity contribution in [3.8, 4) is 11.5 Å². The van der Waals surface area contributed by atoms with Gasteiger partial charge in [0, 0.05) is 69.2 Å². The summed E-state index contributed by atoms with van der Waals surface area (Å²) in [6, 6.07) is 7.23. The lowest BCUT2D eigenvalue weighted by Crippen LogP contribution is -2.50. The Hall–Kier alpha value is -3.27. The SMILES string of the molecule is COc1cc(NC(=O)N2CCN(c3cnnc(N4CCOCC4)c3)CC2)cc(OC)c1. The van der Waals surface area contributed by atoms with Gasteiger partial charge in [-0.25, -0.2) is 4.79 Å². The number of nitrogens with one attached hydrogen (secondary N) is 1. The molecule has 2 aromatic rings. The van der Waals surface area contributed by atoms with Crippen molar-refractivity contribution in [1.29, 1.82) is 0 Å². The molecule has 2 saturated heterocycles. The quantitative estimate of drug-likeness (QED) is 0.769. The van der Waals surface area contributed by atoms with E-state index >= 15 is 0 Å². The zero-order valence-electron chi connectivity index (χ0n) is 17.9. The van der Waals surface area contributed by atoms with Gasteiger partial charge in [0.2, 0.25) is 0 Å². The van der Waals surface area contributed by atoms with Crippen LogP contribution >= 0.6 is 0 Å². The fourth-order valence-corrected chi connectivity index (χ4v) is 3.72. The highest BCUT2D eigenvalue weighted by Gasteiger charge is 2.23. The van der Waals surface area contributed by atoms with Crippen LogP contribution in [0.15, 0.2) is 30.5 Å². The van der Waals surface area contributed by atoms with Crippen molar-refractivity contribution in [1.82, 2.24) is 15.1 Å². The molecule has 0 aliphatic carbocycles. The molecule has 0 radical (unpaired) electrons. The number of methoxy groups -OCH3 is 2. The molecule has 0 bridgehead atoms. The van der Waals surface area contributed by atoms with Crippen LogP contribution in [-0.4, -0.2) is 87.8 Å². The second kappa shape index (κ2) is 9.69. The Balaban J connectivity index is 1.35. The third-order valence-electron chi connectivity index (χ3n) is 5.50. The number of amides is 2. The second-order valence-electron chi connectivity index (χ2n) is 7.38. The van der Waals surface area contributed by atoms with Gasteiger partial charge in [-0.05, 0) is 0 Å². The van der Waals surface area contributed by atoms with Gasteiger partial charge in [-0.2, -0.15) is 5.10 Å². The first-order valence-electron chi connectivity index (χ1n) is 10.4. The Kier molecular flexibility index (Phi) is 6.56. The van der Waals surface area contributed by atoms with Crippen molar-refractivity contribution in [2.45, 2.75) is 0 Å². The summed E-state index contributed by atoms with van der Waals surface area (Å²) >= 11 is 0. The van der Waals surface area contributed by atoms with E-state index in [4.69, 9.17) is 14.2 Å². The molecule has 0 unspecified atom stereocenters. The van der Waals surface area contributed by atoms with Crippen molar-refractivity contribution in [3.63, 3.8) is 0 Å². The maximum absolute atomic E-state index is 12.7. The average Bonchev–Trinajstić information content (AvgIpc) is 2.84. The van der Waals surface area contributed by atoms with E-state index in [1.54, 1.807) is 43.5 Å². The van der Waals surface area contributed by atoms with Crippen LogP contribution < -0.4 is 24.6 Å². The highest BCUT2D eigenvalue weighted by atomic mass is 16.5. The molecule has 1 aromatic heterocycles. The van der Waals surface area contributed by atoms with Crippen molar-refractivity contribution >= 4 is 23.2 Å². The van der Waals surface area contributed by atoms with Crippen LogP contribution in [0, 0.1) is 0 Å². The lowest BCUT2D eigenvalue weighted by atomic mass is 10.2. The Morgan fingerprint density at radius 3 is 2.26 bits per heavy atom. The predicted molar refractivity (Wildman–Crippen MR) is 117 cm³/mol. The molecular formula is C21H28N6O4. The molecule has 10 nitrogen and oxygen atoms in total. The summed E-state index contributed by atoms with van der Waals surface area (Å²) in [6.07, 6.45) is 1.78. The molecule has 2 aliphatic rings. The number of carbonyl (C=O) groups is 1. The van der Waals surface area contributed by atoms with E-state index in [0.717, 1.165) is 37.7 Å². The maximum atomic E-state index is 12.7. The Bertz CT molecular complexity index is 875. The number of aromatic nitrogens is 2. The minimum absolute atomic E-state index is 0.142. The molecule has 3 heterocycles. The Morgan fingerprint density at radius 2 is 1.61 bits per heavy atom. The maximum Gasteiger partial charge on any atom is 0.321 e. The second-order valence-corrected chi connectivity index (χ2v) is 7.38. The average molecular weight is 428 g/mol. The van der Waals surface area contributed by atoms with Gasteiger partial charge in [-0.3, -0.25) is 0 Å². The first-order valence-corrected chi connectivity index (χ1v) is 10.4. The van der Waals surface area contributed by atoms with Gasteiger partial charge in [0.25, 0.3) is 0 Å². The highest BCUT2D eigenvalue weighted by Crippen LogP contribution is 2.26. The third kappa shape index (κ3) is 5.08. The Labute approximate surface area is 181 Å². The number of carbonyl (C=O) groups excluding carboxylic acids is 1. The fraction of sp³-hybridized carbons (Fsp3) is 0.476. The van der Waals surface area contributed by atoms with Crippen molar-refractivity contribution < 1.29 is 19.0 Å². The van der Waals surface area contributed by atoms with Gasteiger partial charge in [0.1, 0.15) is 11.5 Å². The van der Waals surface area contributed by atoms with Crippen molar-refractivity contribution in [2.75, 3.05) is 81.8 Å². The number of hydrogen-bond acceptors (Lipinski definition) is 8. The largest absolute Gasteiger partial charge is 0.497 e. The van der Waals surface area contributed by atoms with Crippen LogP contribution in [0.4, 0.5) is 22.0 Å².